The Kier molecular flexibility index (Phi) is 13.0. The molecule has 0 aromatic heterocycles. The van der Waals surface area contributed by atoms with Gasteiger partial charge in [-0.3, -0.25) is 4.79 Å². The van der Waals surface area contributed by atoms with E-state index in [9.17, 15) is 35.9 Å². The lowest BCUT2D eigenvalue weighted by Gasteiger charge is -2.12. The van der Waals surface area contributed by atoms with Crippen LogP contribution in [0, 0.1) is 0 Å². The topological polar surface area (TPSA) is 89.6 Å². The summed E-state index contributed by atoms with van der Waals surface area (Å²) in [6.07, 6.45) is -8.96. The first-order valence-corrected chi connectivity index (χ1v) is 11.7. The molecule has 0 aliphatic carbocycles. The zero-order valence-electron chi connectivity index (χ0n) is 19.9. The lowest BCUT2D eigenvalue weighted by Crippen LogP contribution is -2.11. The van der Waals surface area contributed by atoms with Gasteiger partial charge in [0.25, 0.3) is 0 Å². The summed E-state index contributed by atoms with van der Waals surface area (Å²) in [5.74, 6) is 0.0331. The lowest BCUT2D eigenvalue weighted by molar-refractivity contribution is -0.143. The Morgan fingerprint density at radius 2 is 1.42 bits per heavy atom. The largest absolute Gasteiger partial charge is 0.494 e. The summed E-state index contributed by atoms with van der Waals surface area (Å²) in [7, 11) is 0. The molecule has 0 fully saturated rings. The minimum atomic E-state index is -4.92. The van der Waals surface area contributed by atoms with Gasteiger partial charge in [0.05, 0.1) is 23.3 Å². The summed E-state index contributed by atoms with van der Waals surface area (Å²) in [5.41, 5.74) is 3.34. The Hall–Kier alpha value is -3.38. The van der Waals surface area contributed by atoms with Crippen LogP contribution in [-0.2, 0) is 18.8 Å². The van der Waals surface area contributed by atoms with E-state index >= 15 is 0 Å². The highest BCUT2D eigenvalue weighted by atomic mass is 79.9. The number of hydrogen-bond acceptors (Lipinski definition) is 4. The Bertz CT molecular complexity index is 1110. The van der Waals surface area contributed by atoms with Gasteiger partial charge in [0.15, 0.2) is 0 Å². The van der Waals surface area contributed by atoms with Gasteiger partial charge in [0, 0.05) is 10.0 Å². The van der Waals surface area contributed by atoms with Crippen molar-refractivity contribution in [1.29, 1.82) is 0 Å². The molecule has 0 bridgehead atoms. The summed E-state index contributed by atoms with van der Waals surface area (Å²) in [5, 5.41) is 8.46. The van der Waals surface area contributed by atoms with E-state index in [1.54, 1.807) is 24.3 Å². The van der Waals surface area contributed by atoms with E-state index in [1.807, 2.05) is 19.1 Å². The van der Waals surface area contributed by atoms with Crippen molar-refractivity contribution in [2.75, 3.05) is 13.2 Å². The van der Waals surface area contributed by atoms with E-state index in [-0.39, 0.29) is 12.4 Å². The number of halogens is 7. The van der Waals surface area contributed by atoms with E-state index in [2.05, 4.69) is 28.1 Å². The number of carboxylic acids is 1. The number of aromatic carboxylic acids is 1. The van der Waals surface area contributed by atoms with Gasteiger partial charge in [-0.25, -0.2) is 4.79 Å². The molecule has 3 aromatic carbocycles. The maximum Gasteiger partial charge on any atom is 0.416 e. The molecule has 0 spiro atoms. The number of rotatable bonds is 6. The van der Waals surface area contributed by atoms with Crippen LogP contribution in [0.3, 0.4) is 0 Å². The van der Waals surface area contributed by atoms with Gasteiger partial charge < -0.3 is 15.6 Å². The minimum absolute atomic E-state index is 0.0347. The molecular weight excluding hydrogens is 584 g/mol. The predicted octanol–water partition coefficient (Wildman–Crippen LogP) is 7.27. The Morgan fingerprint density at radius 3 is 1.79 bits per heavy atom. The Labute approximate surface area is 223 Å². The molecule has 0 saturated heterocycles. The van der Waals surface area contributed by atoms with Gasteiger partial charge in [-0.15, -0.1) is 0 Å². The predicted molar refractivity (Wildman–Crippen MR) is 133 cm³/mol. The van der Waals surface area contributed by atoms with E-state index in [0.29, 0.717) is 24.2 Å². The molecule has 0 amide bonds. The number of aldehydes is 1. The van der Waals surface area contributed by atoms with Crippen LogP contribution in [-0.4, -0.2) is 30.5 Å². The van der Waals surface area contributed by atoms with E-state index in [0.717, 1.165) is 23.2 Å². The number of carbonyl (C=O) groups excluding carboxylic acids is 1. The second kappa shape index (κ2) is 15.1. The van der Waals surface area contributed by atoms with Crippen molar-refractivity contribution < 1.29 is 45.8 Å². The van der Waals surface area contributed by atoms with Crippen molar-refractivity contribution in [1.82, 2.24) is 0 Å². The van der Waals surface area contributed by atoms with Crippen LogP contribution in [0.4, 0.5) is 26.3 Å². The first kappa shape index (κ1) is 32.6. The van der Waals surface area contributed by atoms with Crippen LogP contribution in [0.15, 0.2) is 71.2 Å². The number of carbonyl (C=O) groups is 2. The molecule has 12 heteroatoms. The molecule has 0 saturated carbocycles. The van der Waals surface area contributed by atoms with E-state index in [4.69, 9.17) is 15.6 Å². The van der Waals surface area contributed by atoms with Crippen LogP contribution < -0.4 is 10.5 Å². The fourth-order valence-corrected chi connectivity index (χ4v) is 2.99. The van der Waals surface area contributed by atoms with Gasteiger partial charge in [-0.05, 0) is 80.1 Å². The summed E-state index contributed by atoms with van der Waals surface area (Å²) in [4.78, 5) is 20.5. The number of hydrogen-bond donors (Lipinski definition) is 2. The van der Waals surface area contributed by atoms with Crippen LogP contribution in [0.25, 0.3) is 0 Å². The van der Waals surface area contributed by atoms with Crippen molar-refractivity contribution in [3.63, 3.8) is 0 Å². The highest BCUT2D eigenvalue weighted by Gasteiger charge is 2.36. The maximum atomic E-state index is 12.2. The second-order valence-corrected chi connectivity index (χ2v) is 8.30. The third-order valence-corrected chi connectivity index (χ3v) is 5.03. The highest BCUT2D eigenvalue weighted by Crippen LogP contribution is 2.35. The third kappa shape index (κ3) is 11.8. The molecule has 0 atom stereocenters. The normalized spacial score (nSPS) is 10.9. The van der Waals surface area contributed by atoms with Crippen LogP contribution in [0.5, 0.6) is 5.75 Å². The fourth-order valence-electron chi connectivity index (χ4n) is 2.73. The summed E-state index contributed by atoms with van der Waals surface area (Å²) in [6, 6.07) is 15.3. The molecule has 3 aromatic rings. The molecule has 206 valence electrons. The SMILES string of the molecule is CCOc1ccc(CCN)cc1.O=C(O)c1ccc(Br)cc1.O=Cc1cc(C(F)(F)F)cc(C(F)(F)F)c1. The molecule has 0 radical (unpaired) electrons. The second-order valence-electron chi connectivity index (χ2n) is 7.38. The molecule has 3 rings (SSSR count). The summed E-state index contributed by atoms with van der Waals surface area (Å²) < 4.78 is 79.3. The van der Waals surface area contributed by atoms with Crippen molar-refractivity contribution in [2.24, 2.45) is 5.73 Å². The molecular formula is C26H24BrF6NO4. The lowest BCUT2D eigenvalue weighted by atomic mass is 10.1. The number of alkyl halides is 6. The van der Waals surface area contributed by atoms with Gasteiger partial charge in [0.2, 0.25) is 0 Å². The van der Waals surface area contributed by atoms with Crippen LogP contribution >= 0.6 is 15.9 Å². The first-order chi connectivity index (χ1) is 17.7. The molecule has 3 N–H and O–H groups in total. The van der Waals surface area contributed by atoms with Crippen molar-refractivity contribution in [2.45, 2.75) is 25.7 Å². The van der Waals surface area contributed by atoms with Gasteiger partial charge >= 0.3 is 18.3 Å². The van der Waals surface area contributed by atoms with Crippen molar-refractivity contribution >= 4 is 28.2 Å². The molecule has 0 unspecified atom stereocenters. The number of carboxylic acid groups (broad SMARTS) is 1. The van der Waals surface area contributed by atoms with Gasteiger partial charge in [0.1, 0.15) is 12.0 Å². The quantitative estimate of drug-likeness (QED) is 0.227. The average Bonchev–Trinajstić information content (AvgIpc) is 2.85. The van der Waals surface area contributed by atoms with Gasteiger partial charge in [-0.2, -0.15) is 26.3 Å². The molecule has 38 heavy (non-hydrogen) atoms. The summed E-state index contributed by atoms with van der Waals surface area (Å²) in [6.45, 7) is 3.40. The molecule has 0 aliphatic rings. The van der Waals surface area contributed by atoms with Gasteiger partial charge in [-0.1, -0.05) is 28.1 Å². The number of ether oxygens (including phenoxy) is 1. The molecule has 0 heterocycles. The Balaban J connectivity index is 0.000000294. The number of nitrogens with two attached hydrogens (primary N) is 1. The average molecular weight is 608 g/mol. The fraction of sp³-hybridized carbons (Fsp3) is 0.231. The van der Waals surface area contributed by atoms with E-state index in [1.165, 1.54) is 5.56 Å². The zero-order valence-corrected chi connectivity index (χ0v) is 21.5. The third-order valence-electron chi connectivity index (χ3n) is 4.50. The summed E-state index contributed by atoms with van der Waals surface area (Å²) >= 11 is 3.20. The minimum Gasteiger partial charge on any atom is -0.494 e. The first-order valence-electron chi connectivity index (χ1n) is 10.9. The van der Waals surface area contributed by atoms with Crippen LogP contribution in [0.2, 0.25) is 0 Å². The Morgan fingerprint density at radius 1 is 0.921 bits per heavy atom. The van der Waals surface area contributed by atoms with E-state index < -0.39 is 35.0 Å². The standard InChI is InChI=1S/C10H15NO.C9H4F6O.C7H5BrO2/c1-2-12-10-5-3-9(4-6-10)7-8-11;10-8(11,12)6-1-5(4-16)2-7(3-6)9(13,14)15;8-6-3-1-5(2-4-6)7(9)10/h3-6H,2,7-8,11H2,1H3;1-4H;1-4H,(H,9,10). The highest BCUT2D eigenvalue weighted by molar-refractivity contribution is 9.10. The zero-order chi connectivity index (χ0) is 28.9. The smallest absolute Gasteiger partial charge is 0.416 e. The molecule has 0 aliphatic heterocycles. The maximum absolute atomic E-state index is 12.2. The molecule has 5 nitrogen and oxygen atoms in total. The van der Waals surface area contributed by atoms with Crippen LogP contribution in [0.1, 0.15) is 44.3 Å². The van der Waals surface area contributed by atoms with Crippen molar-refractivity contribution in [3.8, 4) is 5.75 Å². The monoisotopic (exact) mass is 607 g/mol. The van der Waals surface area contributed by atoms with Crippen molar-refractivity contribution in [3.05, 3.63) is 99.0 Å². The number of benzene rings is 3.